The number of aromatic nitrogens is 4. The van der Waals surface area contributed by atoms with Crippen molar-refractivity contribution in [2.45, 2.75) is 25.6 Å². The lowest BCUT2D eigenvalue weighted by molar-refractivity contribution is -0.141. The lowest BCUT2D eigenvalue weighted by atomic mass is 10.1. The summed E-state index contributed by atoms with van der Waals surface area (Å²) in [6.45, 7) is 3.43. The molecule has 2 aromatic rings. The van der Waals surface area contributed by atoms with Gasteiger partial charge in [-0.25, -0.2) is 4.98 Å². The Labute approximate surface area is 118 Å². The van der Waals surface area contributed by atoms with E-state index in [4.69, 9.17) is 4.74 Å². The normalized spacial score (nSPS) is 20.2. The van der Waals surface area contributed by atoms with Crippen molar-refractivity contribution in [3.63, 3.8) is 0 Å². The smallest absolute Gasteiger partial charge is 0.377 e. The van der Waals surface area contributed by atoms with Crippen molar-refractivity contribution in [2.24, 2.45) is 0 Å². The van der Waals surface area contributed by atoms with Crippen LogP contribution in [0.2, 0.25) is 0 Å². The van der Waals surface area contributed by atoms with Crippen molar-refractivity contribution in [3.8, 4) is 0 Å². The maximum atomic E-state index is 13.0. The third kappa shape index (κ3) is 2.53. The summed E-state index contributed by atoms with van der Waals surface area (Å²) in [5.41, 5.74) is -0.959. The number of morpholine rings is 1. The van der Waals surface area contributed by atoms with Crippen LogP contribution in [0, 0.1) is 0 Å². The first-order valence-corrected chi connectivity index (χ1v) is 6.63. The predicted molar refractivity (Wildman–Crippen MR) is 68.0 cm³/mol. The van der Waals surface area contributed by atoms with E-state index in [1.165, 1.54) is 10.8 Å². The van der Waals surface area contributed by atoms with E-state index in [2.05, 4.69) is 15.1 Å². The molecule has 0 N–H and O–H groups in total. The van der Waals surface area contributed by atoms with E-state index in [1.807, 2.05) is 11.8 Å². The number of hydrogen-bond acceptors (Lipinski definition) is 5. The van der Waals surface area contributed by atoms with E-state index < -0.39 is 11.9 Å². The van der Waals surface area contributed by atoms with Crippen molar-refractivity contribution < 1.29 is 17.9 Å². The summed E-state index contributed by atoms with van der Waals surface area (Å²) >= 11 is 0. The minimum Gasteiger partial charge on any atom is -0.377 e. The van der Waals surface area contributed by atoms with Gasteiger partial charge in [-0.3, -0.25) is 0 Å². The molecule has 2 aromatic heterocycles. The van der Waals surface area contributed by atoms with Crippen molar-refractivity contribution in [2.75, 3.05) is 24.7 Å². The topological polar surface area (TPSA) is 55.5 Å². The van der Waals surface area contributed by atoms with Gasteiger partial charge in [-0.15, -0.1) is 0 Å². The second-order valence-electron chi connectivity index (χ2n) is 4.80. The van der Waals surface area contributed by atoms with Gasteiger partial charge >= 0.3 is 6.18 Å². The molecule has 0 amide bonds. The third-order valence-corrected chi connectivity index (χ3v) is 3.52. The van der Waals surface area contributed by atoms with E-state index in [0.717, 1.165) is 12.5 Å². The monoisotopic (exact) mass is 301 g/mol. The van der Waals surface area contributed by atoms with Crippen molar-refractivity contribution in [1.82, 2.24) is 19.6 Å². The van der Waals surface area contributed by atoms with E-state index >= 15 is 0 Å². The molecule has 0 saturated carbocycles. The molecule has 0 aromatic carbocycles. The maximum absolute atomic E-state index is 13.0. The van der Waals surface area contributed by atoms with Crippen LogP contribution < -0.4 is 4.90 Å². The third-order valence-electron chi connectivity index (χ3n) is 3.52. The molecule has 0 radical (unpaired) electrons. The molecule has 0 aliphatic carbocycles. The Morgan fingerprint density at radius 2 is 2.24 bits per heavy atom. The molecule has 6 nitrogen and oxygen atoms in total. The minimum absolute atomic E-state index is 0.00892. The van der Waals surface area contributed by atoms with Gasteiger partial charge in [0.1, 0.15) is 12.1 Å². The van der Waals surface area contributed by atoms with E-state index in [1.54, 1.807) is 0 Å². The molecule has 1 aliphatic heterocycles. The molecule has 1 atom stereocenters. The number of nitrogens with zero attached hydrogens (tertiary/aromatic N) is 5. The summed E-state index contributed by atoms with van der Waals surface area (Å²) in [5.74, 6) is 0.293. The highest BCUT2D eigenvalue weighted by molar-refractivity contribution is 5.49. The van der Waals surface area contributed by atoms with Crippen molar-refractivity contribution in [1.29, 1.82) is 0 Å². The van der Waals surface area contributed by atoms with E-state index in [0.29, 0.717) is 25.6 Å². The summed E-state index contributed by atoms with van der Waals surface area (Å²) in [5, 5.41) is 3.98. The summed E-state index contributed by atoms with van der Waals surface area (Å²) in [4.78, 5) is 9.18. The zero-order valence-electron chi connectivity index (χ0n) is 11.3. The van der Waals surface area contributed by atoms with Crippen LogP contribution in [0.5, 0.6) is 0 Å². The van der Waals surface area contributed by atoms with E-state index in [-0.39, 0.29) is 11.8 Å². The van der Waals surface area contributed by atoms with Crippen LogP contribution in [0.25, 0.3) is 5.78 Å². The van der Waals surface area contributed by atoms with Gasteiger partial charge in [-0.1, -0.05) is 6.92 Å². The summed E-state index contributed by atoms with van der Waals surface area (Å²) in [6, 6.07) is 1.03. The fourth-order valence-electron chi connectivity index (χ4n) is 2.44. The molecule has 114 valence electrons. The number of fused-ring (bicyclic) bond motifs is 1. The van der Waals surface area contributed by atoms with Gasteiger partial charge in [0, 0.05) is 12.6 Å². The van der Waals surface area contributed by atoms with Crippen molar-refractivity contribution >= 4 is 11.6 Å². The molecule has 21 heavy (non-hydrogen) atoms. The molecular formula is C12H14F3N5O. The van der Waals surface area contributed by atoms with E-state index in [9.17, 15) is 13.2 Å². The highest BCUT2D eigenvalue weighted by atomic mass is 19.4. The quantitative estimate of drug-likeness (QED) is 0.846. The summed E-state index contributed by atoms with van der Waals surface area (Å²) in [7, 11) is 0. The van der Waals surface area contributed by atoms with Gasteiger partial charge < -0.3 is 9.64 Å². The fraction of sp³-hybridized carbons (Fsp3) is 0.583. The van der Waals surface area contributed by atoms with Crippen LogP contribution in [-0.2, 0) is 10.9 Å². The lowest BCUT2D eigenvalue weighted by Crippen LogP contribution is -2.46. The molecule has 9 heteroatoms. The van der Waals surface area contributed by atoms with Crippen LogP contribution in [-0.4, -0.2) is 45.4 Å². The van der Waals surface area contributed by atoms with Gasteiger partial charge in [0.25, 0.3) is 5.78 Å². The van der Waals surface area contributed by atoms with Crippen LogP contribution >= 0.6 is 0 Å². The highest BCUT2D eigenvalue weighted by Crippen LogP contribution is 2.31. The Balaban J connectivity index is 2.13. The van der Waals surface area contributed by atoms with Crippen LogP contribution in [0.4, 0.5) is 19.0 Å². The number of halogens is 3. The van der Waals surface area contributed by atoms with Gasteiger partial charge in [-0.05, 0) is 6.42 Å². The number of alkyl halides is 3. The number of rotatable bonds is 2. The standard InChI is InChI=1S/C12H14F3N5O/c1-2-8-6-21-4-3-19(8)10-5-9(12(13,14)15)18-11-16-7-17-20(10)11/h5,7-8H,2-4,6H2,1H3. The van der Waals surface area contributed by atoms with Gasteiger partial charge in [0.05, 0.1) is 19.3 Å². The molecule has 3 rings (SSSR count). The van der Waals surface area contributed by atoms with Crippen LogP contribution in [0.3, 0.4) is 0 Å². The molecule has 3 heterocycles. The maximum Gasteiger partial charge on any atom is 0.433 e. The number of anilines is 1. The zero-order chi connectivity index (χ0) is 15.0. The van der Waals surface area contributed by atoms with Crippen molar-refractivity contribution in [3.05, 3.63) is 18.1 Å². The summed E-state index contributed by atoms with van der Waals surface area (Å²) < 4.78 is 45.7. The Hall–Kier alpha value is -1.90. The summed E-state index contributed by atoms with van der Waals surface area (Å²) in [6.07, 6.45) is -2.55. The average molecular weight is 301 g/mol. The van der Waals surface area contributed by atoms with Gasteiger partial charge in [0.15, 0.2) is 5.69 Å². The molecular weight excluding hydrogens is 287 g/mol. The van der Waals surface area contributed by atoms with Crippen LogP contribution in [0.15, 0.2) is 12.4 Å². The first-order chi connectivity index (χ1) is 10.0. The first kappa shape index (κ1) is 14.1. The predicted octanol–water partition coefficient (Wildman–Crippen LogP) is 1.76. The molecule has 1 aliphatic rings. The van der Waals surface area contributed by atoms with Gasteiger partial charge in [0.2, 0.25) is 0 Å². The second-order valence-corrected chi connectivity index (χ2v) is 4.80. The number of hydrogen-bond donors (Lipinski definition) is 0. The Morgan fingerprint density at radius 3 is 2.95 bits per heavy atom. The minimum atomic E-state index is -4.52. The lowest BCUT2D eigenvalue weighted by Gasteiger charge is -2.36. The fourth-order valence-corrected chi connectivity index (χ4v) is 2.44. The molecule has 1 saturated heterocycles. The average Bonchev–Trinajstić information content (AvgIpc) is 2.93. The largest absolute Gasteiger partial charge is 0.433 e. The SMILES string of the molecule is CCC1COCCN1c1cc(C(F)(F)F)nc2ncnn12. The Morgan fingerprint density at radius 1 is 1.43 bits per heavy atom. The van der Waals surface area contributed by atoms with Crippen LogP contribution in [0.1, 0.15) is 19.0 Å². The number of ether oxygens (including phenoxy) is 1. The zero-order valence-corrected chi connectivity index (χ0v) is 11.3. The molecule has 1 fully saturated rings. The molecule has 1 unspecified atom stereocenters. The molecule has 0 spiro atoms. The second kappa shape index (κ2) is 5.14. The Kier molecular flexibility index (Phi) is 3.44. The van der Waals surface area contributed by atoms with Gasteiger partial charge in [-0.2, -0.15) is 27.8 Å². The highest BCUT2D eigenvalue weighted by Gasteiger charge is 2.35. The molecule has 0 bridgehead atoms. The first-order valence-electron chi connectivity index (χ1n) is 6.63. The Bertz CT molecular complexity index is 641.